The number of aromatic nitrogens is 1. The smallest absolute Gasteiger partial charge is 0.109 e. The van der Waals surface area contributed by atoms with Crippen LogP contribution >= 0.6 is 11.3 Å². The van der Waals surface area contributed by atoms with Gasteiger partial charge in [-0.25, -0.2) is 4.98 Å². The molecule has 1 aromatic heterocycles. The van der Waals surface area contributed by atoms with Gasteiger partial charge in [-0.1, -0.05) is 6.92 Å². The first-order valence-corrected chi connectivity index (χ1v) is 7.10. The van der Waals surface area contributed by atoms with Gasteiger partial charge in [-0.2, -0.15) is 0 Å². The van der Waals surface area contributed by atoms with E-state index in [1.54, 1.807) is 11.3 Å². The second-order valence-corrected chi connectivity index (χ2v) is 5.79. The SMILES string of the molecule is CCc1cnc(C(C)NCC2CC(O)CN2)s1. The van der Waals surface area contributed by atoms with Crippen LogP contribution in [0.4, 0.5) is 0 Å². The summed E-state index contributed by atoms with van der Waals surface area (Å²) in [5, 5.41) is 17.3. The molecule has 3 unspecified atom stereocenters. The minimum absolute atomic E-state index is 0.177. The van der Waals surface area contributed by atoms with E-state index in [-0.39, 0.29) is 6.10 Å². The molecule has 1 aromatic rings. The minimum atomic E-state index is -0.177. The van der Waals surface area contributed by atoms with Crippen molar-refractivity contribution in [1.29, 1.82) is 0 Å². The van der Waals surface area contributed by atoms with Gasteiger partial charge in [0, 0.05) is 30.2 Å². The molecule has 3 atom stereocenters. The molecule has 0 aliphatic carbocycles. The summed E-state index contributed by atoms with van der Waals surface area (Å²) in [6.07, 6.45) is 3.69. The van der Waals surface area contributed by atoms with Crippen molar-refractivity contribution in [1.82, 2.24) is 15.6 Å². The van der Waals surface area contributed by atoms with Crippen LogP contribution < -0.4 is 10.6 Å². The summed E-state index contributed by atoms with van der Waals surface area (Å²) < 4.78 is 0. The van der Waals surface area contributed by atoms with Crippen LogP contribution in [0.3, 0.4) is 0 Å². The number of aliphatic hydroxyl groups is 1. The Morgan fingerprint density at radius 1 is 1.71 bits per heavy atom. The third-order valence-electron chi connectivity index (χ3n) is 3.16. The van der Waals surface area contributed by atoms with Gasteiger partial charge in [-0.05, 0) is 19.8 Å². The third-order valence-corrected chi connectivity index (χ3v) is 4.48. The first-order chi connectivity index (χ1) is 8.19. The summed E-state index contributed by atoms with van der Waals surface area (Å²) in [6.45, 7) is 5.90. The van der Waals surface area contributed by atoms with Gasteiger partial charge in [-0.15, -0.1) is 11.3 Å². The maximum absolute atomic E-state index is 9.42. The van der Waals surface area contributed by atoms with Crippen molar-refractivity contribution >= 4 is 11.3 Å². The van der Waals surface area contributed by atoms with E-state index in [0.717, 1.165) is 30.9 Å². The Bertz CT molecular complexity index is 355. The van der Waals surface area contributed by atoms with E-state index in [1.807, 2.05) is 6.20 Å². The Balaban J connectivity index is 1.78. The van der Waals surface area contributed by atoms with E-state index in [4.69, 9.17) is 0 Å². The van der Waals surface area contributed by atoms with Crippen molar-refractivity contribution < 1.29 is 5.11 Å². The molecule has 0 spiro atoms. The molecule has 5 heteroatoms. The Labute approximate surface area is 106 Å². The van der Waals surface area contributed by atoms with Gasteiger partial charge in [0.15, 0.2) is 0 Å². The molecule has 0 saturated carbocycles. The first kappa shape index (κ1) is 13.0. The van der Waals surface area contributed by atoms with Crippen LogP contribution in [0.1, 0.15) is 36.2 Å². The highest BCUT2D eigenvalue weighted by Crippen LogP contribution is 2.20. The van der Waals surface area contributed by atoms with Crippen molar-refractivity contribution in [2.24, 2.45) is 0 Å². The average molecular weight is 255 g/mol. The molecule has 1 fully saturated rings. The predicted molar refractivity (Wildman–Crippen MR) is 70.3 cm³/mol. The summed E-state index contributed by atoms with van der Waals surface area (Å²) in [6, 6.07) is 0.679. The number of thiazole rings is 1. The number of β-amino-alcohol motifs (C(OH)–C–C–N with tert-alkyl or cyclic N) is 1. The summed E-state index contributed by atoms with van der Waals surface area (Å²) in [7, 11) is 0. The maximum atomic E-state index is 9.42. The van der Waals surface area contributed by atoms with Gasteiger partial charge in [0.1, 0.15) is 5.01 Å². The standard InChI is InChI=1S/C12H21N3OS/c1-3-11-7-15-12(17-11)8(2)13-5-9-4-10(16)6-14-9/h7-10,13-14,16H,3-6H2,1-2H3. The monoisotopic (exact) mass is 255 g/mol. The second-order valence-electron chi connectivity index (χ2n) is 4.64. The molecular formula is C12H21N3OS. The number of nitrogens with zero attached hydrogens (tertiary/aromatic N) is 1. The van der Waals surface area contributed by atoms with Crippen molar-refractivity contribution in [3.63, 3.8) is 0 Å². The van der Waals surface area contributed by atoms with Gasteiger partial charge in [0.25, 0.3) is 0 Å². The molecule has 0 bridgehead atoms. The molecule has 0 aromatic carbocycles. The molecule has 0 radical (unpaired) electrons. The fraction of sp³-hybridized carbons (Fsp3) is 0.750. The number of rotatable bonds is 5. The Morgan fingerprint density at radius 3 is 3.12 bits per heavy atom. The van der Waals surface area contributed by atoms with Crippen LogP contribution in [0.2, 0.25) is 0 Å². The molecule has 4 nitrogen and oxygen atoms in total. The molecule has 3 N–H and O–H groups in total. The molecule has 1 aliphatic heterocycles. The first-order valence-electron chi connectivity index (χ1n) is 6.28. The third kappa shape index (κ3) is 3.48. The molecular weight excluding hydrogens is 234 g/mol. The van der Waals surface area contributed by atoms with Crippen molar-refractivity contribution in [3.8, 4) is 0 Å². The molecule has 1 aliphatic rings. The molecule has 0 amide bonds. The summed E-state index contributed by atoms with van der Waals surface area (Å²) in [5.74, 6) is 0. The highest BCUT2D eigenvalue weighted by atomic mass is 32.1. The lowest BCUT2D eigenvalue weighted by Gasteiger charge is -2.15. The van der Waals surface area contributed by atoms with Crippen LogP contribution in [-0.2, 0) is 6.42 Å². The summed E-state index contributed by atoms with van der Waals surface area (Å²) in [4.78, 5) is 5.77. The molecule has 2 rings (SSSR count). The van der Waals surface area contributed by atoms with Gasteiger partial charge >= 0.3 is 0 Å². The van der Waals surface area contributed by atoms with Crippen LogP contribution in [0.5, 0.6) is 0 Å². The van der Waals surface area contributed by atoms with E-state index in [2.05, 4.69) is 29.5 Å². The van der Waals surface area contributed by atoms with Crippen LogP contribution in [0.15, 0.2) is 6.20 Å². The number of hydrogen-bond donors (Lipinski definition) is 3. The highest BCUT2D eigenvalue weighted by molar-refractivity contribution is 7.11. The van der Waals surface area contributed by atoms with Crippen LogP contribution in [-0.4, -0.2) is 35.3 Å². The van der Waals surface area contributed by atoms with E-state index < -0.39 is 0 Å². The predicted octanol–water partition coefficient (Wildman–Crippen LogP) is 1.08. The fourth-order valence-electron chi connectivity index (χ4n) is 2.05. The molecule has 17 heavy (non-hydrogen) atoms. The zero-order chi connectivity index (χ0) is 12.3. The lowest BCUT2D eigenvalue weighted by atomic mass is 10.2. The molecule has 96 valence electrons. The summed E-state index contributed by atoms with van der Waals surface area (Å²) >= 11 is 1.78. The van der Waals surface area contributed by atoms with Crippen LogP contribution in [0, 0.1) is 0 Å². The fourth-order valence-corrected chi connectivity index (χ4v) is 2.93. The van der Waals surface area contributed by atoms with Gasteiger partial charge in [0.2, 0.25) is 0 Å². The summed E-state index contributed by atoms with van der Waals surface area (Å²) in [5.41, 5.74) is 0. The molecule has 1 saturated heterocycles. The Hall–Kier alpha value is -0.490. The number of hydrogen-bond acceptors (Lipinski definition) is 5. The minimum Gasteiger partial charge on any atom is -0.392 e. The topological polar surface area (TPSA) is 57.2 Å². The molecule has 2 heterocycles. The Kier molecular flexibility index (Phi) is 4.50. The van der Waals surface area contributed by atoms with Gasteiger partial charge in [-0.3, -0.25) is 0 Å². The number of aryl methyl sites for hydroxylation is 1. The zero-order valence-electron chi connectivity index (χ0n) is 10.4. The van der Waals surface area contributed by atoms with E-state index in [1.165, 1.54) is 4.88 Å². The second kappa shape index (κ2) is 5.91. The van der Waals surface area contributed by atoms with Crippen molar-refractivity contribution in [2.45, 2.75) is 44.9 Å². The highest BCUT2D eigenvalue weighted by Gasteiger charge is 2.22. The largest absolute Gasteiger partial charge is 0.392 e. The maximum Gasteiger partial charge on any atom is 0.109 e. The van der Waals surface area contributed by atoms with Crippen molar-refractivity contribution in [3.05, 3.63) is 16.1 Å². The van der Waals surface area contributed by atoms with E-state index >= 15 is 0 Å². The van der Waals surface area contributed by atoms with Crippen molar-refractivity contribution in [2.75, 3.05) is 13.1 Å². The quantitative estimate of drug-likeness (QED) is 0.737. The zero-order valence-corrected chi connectivity index (χ0v) is 11.3. The number of aliphatic hydroxyl groups excluding tert-OH is 1. The Morgan fingerprint density at radius 2 is 2.53 bits per heavy atom. The lowest BCUT2D eigenvalue weighted by molar-refractivity contribution is 0.193. The normalized spacial score (nSPS) is 26.3. The van der Waals surface area contributed by atoms with Gasteiger partial charge < -0.3 is 15.7 Å². The lowest BCUT2D eigenvalue weighted by Crippen LogP contribution is -2.35. The van der Waals surface area contributed by atoms with E-state index in [0.29, 0.717) is 12.1 Å². The van der Waals surface area contributed by atoms with Crippen LogP contribution in [0.25, 0.3) is 0 Å². The van der Waals surface area contributed by atoms with Gasteiger partial charge in [0.05, 0.1) is 12.1 Å². The number of nitrogens with one attached hydrogen (secondary N) is 2. The average Bonchev–Trinajstić information content (AvgIpc) is 2.94. The van der Waals surface area contributed by atoms with E-state index in [9.17, 15) is 5.11 Å².